The smallest absolute Gasteiger partial charge is 0.349 e. The average Bonchev–Trinajstić information content (AvgIpc) is 2.25. The van der Waals surface area contributed by atoms with E-state index in [4.69, 9.17) is 9.47 Å². The Hall–Kier alpha value is -0.810. The summed E-state index contributed by atoms with van der Waals surface area (Å²) in [5.74, 6) is 1.20. The maximum Gasteiger partial charge on any atom is 0.349 e. The minimum Gasteiger partial charge on any atom is -0.382 e. The van der Waals surface area contributed by atoms with E-state index in [2.05, 4.69) is 49.5 Å². The number of likely N-dealkylation sites (N-methyl/N-ethyl adjacent to an activating group) is 1. The van der Waals surface area contributed by atoms with Crippen LogP contribution >= 0.6 is 0 Å². The lowest BCUT2D eigenvalue weighted by Gasteiger charge is -2.23. The zero-order chi connectivity index (χ0) is 13.3. The predicted octanol–water partition coefficient (Wildman–Crippen LogP) is 0.161. The van der Waals surface area contributed by atoms with Crippen LogP contribution in [-0.4, -0.2) is 88.5 Å². The van der Waals surface area contributed by atoms with Gasteiger partial charge in [0.15, 0.2) is 0 Å². The Morgan fingerprint density at radius 3 is 2.18 bits per heavy atom. The molecular formula is C12H28N3O2+. The van der Waals surface area contributed by atoms with E-state index in [1.54, 1.807) is 7.11 Å². The van der Waals surface area contributed by atoms with Gasteiger partial charge in [-0.3, -0.25) is 14.4 Å². The molecule has 0 aromatic rings. The Morgan fingerprint density at radius 2 is 1.76 bits per heavy atom. The van der Waals surface area contributed by atoms with E-state index in [0.29, 0.717) is 13.2 Å². The highest BCUT2D eigenvalue weighted by Gasteiger charge is 2.20. The molecule has 0 spiro atoms. The molecule has 0 bridgehead atoms. The van der Waals surface area contributed by atoms with E-state index in [9.17, 15) is 0 Å². The third kappa shape index (κ3) is 6.48. The highest BCUT2D eigenvalue weighted by Crippen LogP contribution is 1.95. The van der Waals surface area contributed by atoms with E-state index in [1.165, 1.54) is 5.96 Å². The molecule has 0 saturated carbocycles. The first-order valence-corrected chi connectivity index (χ1v) is 6.07. The van der Waals surface area contributed by atoms with Crippen molar-refractivity contribution in [2.24, 2.45) is 0 Å². The van der Waals surface area contributed by atoms with E-state index in [1.807, 2.05) is 0 Å². The fraction of sp³-hybridized carbons (Fsp3) is 0.917. The minimum absolute atomic E-state index is 0.657. The summed E-state index contributed by atoms with van der Waals surface area (Å²) in [6.07, 6.45) is 0. The monoisotopic (exact) mass is 246 g/mol. The lowest BCUT2D eigenvalue weighted by molar-refractivity contribution is -0.476. The standard InChI is InChI=1S/C12H28N3O2/c1-7-15(8-9-17-11-10-16-6)12(13(2)3)14(4)5/h7-11H2,1-6H3/q+1. The van der Waals surface area contributed by atoms with Gasteiger partial charge in [-0.05, 0) is 6.92 Å². The lowest BCUT2D eigenvalue weighted by atomic mass is 10.5. The van der Waals surface area contributed by atoms with Gasteiger partial charge in [-0.15, -0.1) is 0 Å². The fourth-order valence-corrected chi connectivity index (χ4v) is 1.78. The summed E-state index contributed by atoms with van der Waals surface area (Å²) in [5, 5.41) is 0. The summed E-state index contributed by atoms with van der Waals surface area (Å²) < 4.78 is 12.6. The first-order chi connectivity index (χ1) is 8.04. The van der Waals surface area contributed by atoms with Crippen molar-refractivity contribution in [1.82, 2.24) is 9.80 Å². The van der Waals surface area contributed by atoms with Gasteiger partial charge in [0, 0.05) is 7.11 Å². The molecule has 0 fully saturated rings. The second kappa shape index (κ2) is 9.24. The predicted molar refractivity (Wildman–Crippen MR) is 70.7 cm³/mol. The van der Waals surface area contributed by atoms with Crippen molar-refractivity contribution in [3.8, 4) is 0 Å². The van der Waals surface area contributed by atoms with E-state index >= 15 is 0 Å². The maximum absolute atomic E-state index is 5.50. The number of hydrogen-bond donors (Lipinski definition) is 0. The molecule has 0 saturated heterocycles. The summed E-state index contributed by atoms with van der Waals surface area (Å²) >= 11 is 0. The van der Waals surface area contributed by atoms with Crippen molar-refractivity contribution in [3.05, 3.63) is 0 Å². The number of methoxy groups -OCH3 is 1. The topological polar surface area (TPSA) is 28.0 Å². The third-order valence-electron chi connectivity index (χ3n) is 2.40. The molecule has 0 rings (SSSR count). The van der Waals surface area contributed by atoms with Crippen LogP contribution in [0.1, 0.15) is 6.92 Å². The Balaban J connectivity index is 4.18. The minimum atomic E-state index is 0.657. The van der Waals surface area contributed by atoms with Crippen LogP contribution in [0.25, 0.3) is 0 Å². The van der Waals surface area contributed by atoms with Gasteiger partial charge < -0.3 is 9.47 Å². The summed E-state index contributed by atoms with van der Waals surface area (Å²) in [6.45, 7) is 6.06. The molecule has 5 nitrogen and oxygen atoms in total. The molecule has 0 amide bonds. The molecule has 5 heteroatoms. The fourth-order valence-electron chi connectivity index (χ4n) is 1.78. The van der Waals surface area contributed by atoms with E-state index in [-0.39, 0.29) is 0 Å². The van der Waals surface area contributed by atoms with Crippen molar-refractivity contribution in [3.63, 3.8) is 0 Å². The molecule has 0 radical (unpaired) electrons. The van der Waals surface area contributed by atoms with Crippen LogP contribution in [0, 0.1) is 0 Å². The quantitative estimate of drug-likeness (QED) is 0.277. The van der Waals surface area contributed by atoms with Crippen molar-refractivity contribution in [2.75, 3.05) is 68.2 Å². The molecule has 0 aromatic heterocycles. The van der Waals surface area contributed by atoms with Gasteiger partial charge in [0.05, 0.1) is 61.1 Å². The Morgan fingerprint density at radius 1 is 1.12 bits per heavy atom. The van der Waals surface area contributed by atoms with E-state index in [0.717, 1.165) is 19.7 Å². The van der Waals surface area contributed by atoms with Gasteiger partial charge in [-0.25, -0.2) is 0 Å². The van der Waals surface area contributed by atoms with Crippen LogP contribution < -0.4 is 0 Å². The summed E-state index contributed by atoms with van der Waals surface area (Å²) in [7, 11) is 9.92. The first-order valence-electron chi connectivity index (χ1n) is 6.07. The van der Waals surface area contributed by atoms with Crippen molar-refractivity contribution < 1.29 is 14.0 Å². The number of rotatable bonds is 7. The molecule has 0 N–H and O–H groups in total. The van der Waals surface area contributed by atoms with Gasteiger partial charge in [-0.1, -0.05) is 0 Å². The van der Waals surface area contributed by atoms with Gasteiger partial charge in [0.2, 0.25) is 0 Å². The summed E-state index contributed by atoms with van der Waals surface area (Å²) in [4.78, 5) is 4.42. The molecule has 0 aliphatic rings. The SMILES string of the molecule is CCN(CCOCCOC)C(N(C)C)=[N+](C)C. The normalized spacial score (nSPS) is 10.2. The molecule has 0 aliphatic heterocycles. The molecule has 17 heavy (non-hydrogen) atoms. The van der Waals surface area contributed by atoms with Crippen molar-refractivity contribution in [2.45, 2.75) is 6.92 Å². The molecule has 0 aliphatic carbocycles. The molecular weight excluding hydrogens is 218 g/mol. The molecule has 0 atom stereocenters. The van der Waals surface area contributed by atoms with Gasteiger partial charge in [0.25, 0.3) is 0 Å². The van der Waals surface area contributed by atoms with Crippen LogP contribution in [0.2, 0.25) is 0 Å². The third-order valence-corrected chi connectivity index (χ3v) is 2.40. The highest BCUT2D eigenvalue weighted by molar-refractivity contribution is 5.74. The largest absolute Gasteiger partial charge is 0.382 e. The van der Waals surface area contributed by atoms with Crippen LogP contribution in [0.15, 0.2) is 0 Å². The highest BCUT2D eigenvalue weighted by atomic mass is 16.5. The average molecular weight is 246 g/mol. The zero-order valence-corrected chi connectivity index (χ0v) is 12.2. The van der Waals surface area contributed by atoms with Gasteiger partial charge in [0.1, 0.15) is 0 Å². The summed E-state index contributed by atoms with van der Waals surface area (Å²) in [5.41, 5.74) is 0. The second-order valence-electron chi connectivity index (χ2n) is 4.27. The van der Waals surface area contributed by atoms with Crippen molar-refractivity contribution >= 4 is 5.96 Å². The van der Waals surface area contributed by atoms with Crippen LogP contribution in [-0.2, 0) is 9.47 Å². The van der Waals surface area contributed by atoms with Gasteiger partial charge in [-0.2, -0.15) is 0 Å². The number of nitrogens with zero attached hydrogens (tertiary/aromatic N) is 3. The maximum atomic E-state index is 5.50. The van der Waals surface area contributed by atoms with Crippen molar-refractivity contribution in [1.29, 1.82) is 0 Å². The molecule has 0 unspecified atom stereocenters. The number of hydrogen-bond acceptors (Lipinski definition) is 2. The number of ether oxygens (including phenoxy) is 2. The lowest BCUT2D eigenvalue weighted by Crippen LogP contribution is -2.46. The Labute approximate surface area is 106 Å². The Bertz CT molecular complexity index is 226. The zero-order valence-electron chi connectivity index (χ0n) is 12.2. The molecule has 0 heterocycles. The Kier molecular flexibility index (Phi) is 8.80. The van der Waals surface area contributed by atoms with E-state index < -0.39 is 0 Å². The van der Waals surface area contributed by atoms with Crippen LogP contribution in [0.4, 0.5) is 0 Å². The van der Waals surface area contributed by atoms with Gasteiger partial charge >= 0.3 is 5.96 Å². The van der Waals surface area contributed by atoms with Crippen LogP contribution in [0.3, 0.4) is 0 Å². The molecule has 0 aromatic carbocycles. The van der Waals surface area contributed by atoms with Crippen LogP contribution in [0.5, 0.6) is 0 Å². The molecule has 102 valence electrons. The number of guanidine groups is 1. The first kappa shape index (κ1) is 16.2. The summed E-state index contributed by atoms with van der Waals surface area (Å²) in [6, 6.07) is 0. The second-order valence-corrected chi connectivity index (χ2v) is 4.27.